The Morgan fingerprint density at radius 3 is 2.26 bits per heavy atom. The largest absolute Gasteiger partial charge is 0.497 e. The normalized spacial score (nSPS) is 18.8. The van der Waals surface area contributed by atoms with Gasteiger partial charge in [-0.1, -0.05) is 75.4 Å². The van der Waals surface area contributed by atoms with E-state index in [4.69, 9.17) is 14.2 Å². The quantitative estimate of drug-likeness (QED) is 0.184. The first-order chi connectivity index (χ1) is 16.6. The molecule has 1 aromatic carbocycles. The van der Waals surface area contributed by atoms with E-state index in [0.29, 0.717) is 13.0 Å². The number of benzene rings is 1. The van der Waals surface area contributed by atoms with Crippen molar-refractivity contribution in [2.24, 2.45) is 29.6 Å². The van der Waals surface area contributed by atoms with Crippen molar-refractivity contribution in [3.63, 3.8) is 0 Å². The summed E-state index contributed by atoms with van der Waals surface area (Å²) < 4.78 is 19.3. The van der Waals surface area contributed by atoms with Crippen LogP contribution in [0.25, 0.3) is 0 Å². The molecule has 0 spiro atoms. The number of esters is 1. The molecule has 0 fully saturated rings. The maximum atomic E-state index is 12.9. The third-order valence-electron chi connectivity index (χ3n) is 6.82. The molecule has 8 atom stereocenters. The molecule has 0 aliphatic carbocycles. The Morgan fingerprint density at radius 1 is 1.11 bits per heavy atom. The number of methoxy groups -OCH3 is 1. The van der Waals surface area contributed by atoms with Crippen LogP contribution in [0.1, 0.15) is 59.9 Å². The SMILES string of the molecule is CC[C@@H](OC(=O)[C@H](C)[C@@H](O)[C@H](C)[C@H](OCc1ccc(OC)cc1)[C@@H](C)C[C@@H](C)CO)[C@H](C)/C=C/I. The van der Waals surface area contributed by atoms with Crippen LogP contribution in [0, 0.1) is 29.6 Å². The van der Waals surface area contributed by atoms with Crippen LogP contribution in [0.2, 0.25) is 0 Å². The molecular formula is C28H45IO6. The minimum atomic E-state index is -0.928. The van der Waals surface area contributed by atoms with Gasteiger partial charge in [0.15, 0.2) is 0 Å². The smallest absolute Gasteiger partial charge is 0.311 e. The Kier molecular flexibility index (Phi) is 15.1. The Balaban J connectivity index is 2.97. The molecule has 0 bridgehead atoms. The minimum Gasteiger partial charge on any atom is -0.497 e. The van der Waals surface area contributed by atoms with Crippen LogP contribution in [0.4, 0.5) is 0 Å². The lowest BCUT2D eigenvalue weighted by atomic mass is 9.81. The molecule has 0 heterocycles. The van der Waals surface area contributed by atoms with Gasteiger partial charge in [0.2, 0.25) is 0 Å². The maximum Gasteiger partial charge on any atom is 0.311 e. The van der Waals surface area contributed by atoms with Gasteiger partial charge in [-0.2, -0.15) is 0 Å². The number of hydrogen-bond acceptors (Lipinski definition) is 6. The number of halogens is 1. The molecular weight excluding hydrogens is 559 g/mol. The molecule has 200 valence electrons. The van der Waals surface area contributed by atoms with Gasteiger partial charge in [-0.3, -0.25) is 4.79 Å². The van der Waals surface area contributed by atoms with Crippen molar-refractivity contribution in [2.75, 3.05) is 13.7 Å². The third-order valence-corrected chi connectivity index (χ3v) is 7.24. The van der Waals surface area contributed by atoms with Crippen molar-refractivity contribution in [1.29, 1.82) is 0 Å². The summed E-state index contributed by atoms with van der Waals surface area (Å²) in [6.45, 7) is 12.2. The summed E-state index contributed by atoms with van der Waals surface area (Å²) in [6.07, 6.45) is 2.00. The van der Waals surface area contributed by atoms with E-state index in [1.54, 1.807) is 14.0 Å². The topological polar surface area (TPSA) is 85.2 Å². The zero-order valence-corrected chi connectivity index (χ0v) is 24.5. The highest BCUT2D eigenvalue weighted by Gasteiger charge is 2.37. The van der Waals surface area contributed by atoms with Crippen LogP contribution in [0.15, 0.2) is 34.4 Å². The fraction of sp³-hybridized carbons (Fsp3) is 0.679. The molecule has 35 heavy (non-hydrogen) atoms. The number of aliphatic hydroxyl groups excluding tert-OH is 2. The molecule has 6 nitrogen and oxygen atoms in total. The maximum absolute atomic E-state index is 12.9. The molecule has 0 saturated heterocycles. The van der Waals surface area contributed by atoms with E-state index in [-0.39, 0.29) is 42.5 Å². The van der Waals surface area contributed by atoms with Gasteiger partial charge in [0.1, 0.15) is 11.9 Å². The Morgan fingerprint density at radius 2 is 1.74 bits per heavy atom. The Hall–Kier alpha value is -1.16. The summed E-state index contributed by atoms with van der Waals surface area (Å²) >= 11 is 2.16. The van der Waals surface area contributed by atoms with Crippen LogP contribution < -0.4 is 4.74 Å². The molecule has 1 rings (SSSR count). The minimum absolute atomic E-state index is 0.0699. The number of carbonyl (C=O) groups excluding carboxylic acids is 1. The van der Waals surface area contributed by atoms with E-state index in [1.165, 1.54) is 0 Å². The van der Waals surface area contributed by atoms with Crippen LogP contribution in [-0.2, 0) is 20.9 Å². The zero-order chi connectivity index (χ0) is 26.5. The summed E-state index contributed by atoms with van der Waals surface area (Å²) in [5.41, 5.74) is 0.996. The second-order valence-corrected chi connectivity index (χ2v) is 10.5. The number of rotatable bonds is 16. The molecule has 0 aromatic heterocycles. The molecule has 0 aliphatic heterocycles. The molecule has 0 amide bonds. The first kappa shape index (κ1) is 31.9. The van der Waals surface area contributed by atoms with Crippen molar-refractivity contribution in [3.8, 4) is 5.75 Å². The van der Waals surface area contributed by atoms with Gasteiger partial charge in [0.25, 0.3) is 0 Å². The molecule has 1 aromatic rings. The van der Waals surface area contributed by atoms with E-state index < -0.39 is 18.0 Å². The van der Waals surface area contributed by atoms with Gasteiger partial charge in [-0.25, -0.2) is 0 Å². The number of aliphatic hydroxyl groups is 2. The first-order valence-corrected chi connectivity index (χ1v) is 13.8. The fourth-order valence-electron chi connectivity index (χ4n) is 4.44. The molecule has 0 unspecified atom stereocenters. The predicted molar refractivity (Wildman–Crippen MR) is 148 cm³/mol. The average molecular weight is 605 g/mol. The molecule has 2 N–H and O–H groups in total. The van der Waals surface area contributed by atoms with Crippen molar-refractivity contribution >= 4 is 28.6 Å². The van der Waals surface area contributed by atoms with Crippen LogP contribution in [0.3, 0.4) is 0 Å². The highest BCUT2D eigenvalue weighted by molar-refractivity contribution is 14.1. The van der Waals surface area contributed by atoms with Gasteiger partial charge in [-0.15, -0.1) is 0 Å². The Labute approximate surface area is 225 Å². The predicted octanol–water partition coefficient (Wildman–Crippen LogP) is 5.77. The van der Waals surface area contributed by atoms with Crippen LogP contribution in [-0.4, -0.2) is 48.2 Å². The number of hydrogen-bond donors (Lipinski definition) is 2. The van der Waals surface area contributed by atoms with E-state index in [0.717, 1.165) is 17.7 Å². The lowest BCUT2D eigenvalue weighted by Crippen LogP contribution is -2.43. The summed E-state index contributed by atoms with van der Waals surface area (Å²) in [4.78, 5) is 12.9. The molecule has 7 heteroatoms. The monoisotopic (exact) mass is 604 g/mol. The number of ether oxygens (including phenoxy) is 3. The lowest BCUT2D eigenvalue weighted by Gasteiger charge is -2.35. The van der Waals surface area contributed by atoms with E-state index in [2.05, 4.69) is 29.5 Å². The summed E-state index contributed by atoms with van der Waals surface area (Å²) in [5, 5.41) is 20.8. The molecule has 0 aliphatic rings. The van der Waals surface area contributed by atoms with Gasteiger partial charge >= 0.3 is 5.97 Å². The van der Waals surface area contributed by atoms with Crippen LogP contribution >= 0.6 is 22.6 Å². The average Bonchev–Trinajstić information content (AvgIpc) is 2.86. The highest BCUT2D eigenvalue weighted by Crippen LogP contribution is 2.30. The van der Waals surface area contributed by atoms with E-state index in [9.17, 15) is 15.0 Å². The highest BCUT2D eigenvalue weighted by atomic mass is 127. The summed E-state index contributed by atoms with van der Waals surface area (Å²) in [6, 6.07) is 7.68. The first-order valence-electron chi connectivity index (χ1n) is 12.6. The second kappa shape index (κ2) is 16.6. The van der Waals surface area contributed by atoms with Gasteiger partial charge in [0.05, 0.1) is 31.8 Å². The fourth-order valence-corrected chi connectivity index (χ4v) is 5.09. The van der Waals surface area contributed by atoms with Gasteiger partial charge in [0, 0.05) is 18.4 Å². The van der Waals surface area contributed by atoms with E-state index >= 15 is 0 Å². The van der Waals surface area contributed by atoms with Crippen molar-refractivity contribution in [1.82, 2.24) is 0 Å². The van der Waals surface area contributed by atoms with Gasteiger partial charge < -0.3 is 24.4 Å². The second-order valence-electron chi connectivity index (χ2n) is 9.82. The number of carbonyl (C=O) groups is 1. The lowest BCUT2D eigenvalue weighted by molar-refractivity contribution is -0.163. The van der Waals surface area contributed by atoms with E-state index in [1.807, 2.05) is 62.1 Å². The standard InChI is InChI=1S/C28H45IO6/c1-8-25(19(3)13-14-29)35-28(32)22(6)26(31)21(5)27(20(4)15-18(2)16-30)34-17-23-9-11-24(33-7)12-10-23/h9-14,18-22,25-27,30-31H,8,15-17H2,1-7H3/b14-13+/t18-,19-,20+,21+,22-,25-,26+,27-/m1/s1. The molecule has 0 radical (unpaired) electrons. The van der Waals surface area contributed by atoms with Crippen LogP contribution in [0.5, 0.6) is 5.75 Å². The third kappa shape index (κ3) is 10.4. The summed E-state index contributed by atoms with van der Waals surface area (Å²) in [5.74, 6) is -0.339. The Bertz CT molecular complexity index is 752. The molecule has 0 saturated carbocycles. The van der Waals surface area contributed by atoms with Crippen molar-refractivity contribution in [2.45, 2.75) is 79.3 Å². The zero-order valence-electron chi connectivity index (χ0n) is 22.3. The van der Waals surface area contributed by atoms with Crippen molar-refractivity contribution < 1.29 is 29.2 Å². The summed E-state index contributed by atoms with van der Waals surface area (Å²) in [7, 11) is 1.63. The van der Waals surface area contributed by atoms with Gasteiger partial charge in [-0.05, 0) is 53.4 Å². The van der Waals surface area contributed by atoms with Crippen molar-refractivity contribution in [3.05, 3.63) is 40.0 Å².